The molecule has 0 unspecified atom stereocenters. The topological polar surface area (TPSA) is 55.4 Å². The summed E-state index contributed by atoms with van der Waals surface area (Å²) in [7, 11) is 1.82. The van der Waals surface area contributed by atoms with Gasteiger partial charge < -0.3 is 20.3 Å². The molecule has 0 radical (unpaired) electrons. The van der Waals surface area contributed by atoms with Crippen LogP contribution in [0, 0.1) is 5.82 Å². The molecule has 0 bridgehead atoms. The molecule has 2 heterocycles. The van der Waals surface area contributed by atoms with Crippen LogP contribution in [0.2, 0.25) is 0 Å². The lowest BCUT2D eigenvalue weighted by Gasteiger charge is -2.41. The minimum atomic E-state index is -0.129. The summed E-state index contributed by atoms with van der Waals surface area (Å²) in [6.45, 7) is 14.5. The third kappa shape index (κ3) is 8.00. The molecular formula is C23H40FIN6O. The van der Waals surface area contributed by atoms with Gasteiger partial charge in [0.2, 0.25) is 0 Å². The van der Waals surface area contributed by atoms with Crippen molar-refractivity contribution in [3.8, 4) is 0 Å². The van der Waals surface area contributed by atoms with Gasteiger partial charge in [0.15, 0.2) is 5.96 Å². The smallest absolute Gasteiger partial charge is 0.191 e. The second-order valence-corrected chi connectivity index (χ2v) is 8.90. The Hall–Kier alpha value is -1.17. The van der Waals surface area contributed by atoms with Crippen molar-refractivity contribution in [2.75, 3.05) is 84.1 Å². The average molecular weight is 563 g/mol. The van der Waals surface area contributed by atoms with E-state index in [1.807, 2.05) is 19.2 Å². The van der Waals surface area contributed by atoms with Crippen molar-refractivity contribution in [3.63, 3.8) is 0 Å². The highest BCUT2D eigenvalue weighted by Crippen LogP contribution is 2.20. The lowest BCUT2D eigenvalue weighted by Crippen LogP contribution is -2.56. The molecule has 182 valence electrons. The number of piperazine rings is 1. The van der Waals surface area contributed by atoms with Gasteiger partial charge in [0, 0.05) is 64.9 Å². The molecule has 32 heavy (non-hydrogen) atoms. The summed E-state index contributed by atoms with van der Waals surface area (Å²) in [5, 5.41) is 6.91. The van der Waals surface area contributed by atoms with Gasteiger partial charge in [-0.1, -0.05) is 12.1 Å². The van der Waals surface area contributed by atoms with Gasteiger partial charge >= 0.3 is 0 Å². The normalized spacial score (nSPS) is 18.9. The number of hydrogen-bond donors (Lipinski definition) is 2. The van der Waals surface area contributed by atoms with Crippen molar-refractivity contribution < 1.29 is 9.13 Å². The SMILES string of the molecule is CN=C(NCCCN1CCN(c2ccccc2F)CC1)NCC(C)(C)N1CCOCC1.I. The first kappa shape index (κ1) is 27.1. The maximum atomic E-state index is 14.0. The number of ether oxygens (including phenoxy) is 1. The molecule has 0 atom stereocenters. The molecule has 1 aromatic carbocycles. The summed E-state index contributed by atoms with van der Waals surface area (Å²) in [4.78, 5) is 11.4. The Bertz CT molecular complexity index is 705. The number of nitrogens with zero attached hydrogens (tertiary/aromatic N) is 4. The Balaban J connectivity index is 0.00000363. The van der Waals surface area contributed by atoms with E-state index in [4.69, 9.17) is 4.74 Å². The maximum Gasteiger partial charge on any atom is 0.191 e. The molecule has 2 saturated heterocycles. The lowest BCUT2D eigenvalue weighted by atomic mass is 10.0. The van der Waals surface area contributed by atoms with Crippen LogP contribution in [-0.2, 0) is 4.74 Å². The Morgan fingerprint density at radius 2 is 1.75 bits per heavy atom. The standard InChI is InChI=1S/C23H39FN6O.HI/c1-23(2,30-15-17-31-18-16-30)19-27-22(25-3)26-9-6-10-28-11-13-29(14-12-28)21-8-5-4-7-20(21)24;/h4-5,7-8H,6,9-19H2,1-3H3,(H2,25,26,27);1H. The summed E-state index contributed by atoms with van der Waals surface area (Å²) in [5.74, 6) is 0.724. The van der Waals surface area contributed by atoms with Gasteiger partial charge in [0.1, 0.15) is 5.82 Å². The second kappa shape index (κ2) is 13.5. The van der Waals surface area contributed by atoms with E-state index in [0.29, 0.717) is 0 Å². The summed E-state index contributed by atoms with van der Waals surface area (Å²) in [6, 6.07) is 7.05. The largest absolute Gasteiger partial charge is 0.379 e. The van der Waals surface area contributed by atoms with Crippen molar-refractivity contribution in [1.82, 2.24) is 20.4 Å². The number of benzene rings is 1. The quantitative estimate of drug-likeness (QED) is 0.220. The molecule has 2 N–H and O–H groups in total. The van der Waals surface area contributed by atoms with Crippen LogP contribution in [0.25, 0.3) is 0 Å². The van der Waals surface area contributed by atoms with Gasteiger partial charge in [-0.15, -0.1) is 24.0 Å². The number of hydrogen-bond acceptors (Lipinski definition) is 5. The van der Waals surface area contributed by atoms with Crippen LogP contribution in [0.15, 0.2) is 29.3 Å². The zero-order chi connectivity index (χ0) is 22.1. The van der Waals surface area contributed by atoms with E-state index in [-0.39, 0.29) is 35.3 Å². The second-order valence-electron chi connectivity index (χ2n) is 8.90. The number of nitrogens with one attached hydrogen (secondary N) is 2. The Morgan fingerprint density at radius 1 is 1.06 bits per heavy atom. The van der Waals surface area contributed by atoms with E-state index >= 15 is 0 Å². The molecule has 0 saturated carbocycles. The van der Waals surface area contributed by atoms with Crippen LogP contribution in [0.3, 0.4) is 0 Å². The number of rotatable bonds is 8. The van der Waals surface area contributed by atoms with E-state index in [0.717, 1.165) is 90.2 Å². The summed E-state index contributed by atoms with van der Waals surface area (Å²) < 4.78 is 19.5. The van der Waals surface area contributed by atoms with Crippen LogP contribution < -0.4 is 15.5 Å². The number of guanidine groups is 1. The highest BCUT2D eigenvalue weighted by atomic mass is 127. The van der Waals surface area contributed by atoms with Crippen molar-refractivity contribution >= 4 is 35.6 Å². The summed E-state index contributed by atoms with van der Waals surface area (Å²) >= 11 is 0. The summed E-state index contributed by atoms with van der Waals surface area (Å²) in [6.07, 6.45) is 1.05. The van der Waals surface area contributed by atoms with E-state index in [1.54, 1.807) is 6.07 Å². The highest BCUT2D eigenvalue weighted by Gasteiger charge is 2.28. The first-order valence-corrected chi connectivity index (χ1v) is 11.5. The van der Waals surface area contributed by atoms with Gasteiger partial charge in [0.25, 0.3) is 0 Å². The van der Waals surface area contributed by atoms with E-state index in [2.05, 4.69) is 44.2 Å². The van der Waals surface area contributed by atoms with Crippen molar-refractivity contribution in [2.24, 2.45) is 4.99 Å². The predicted molar refractivity (Wildman–Crippen MR) is 141 cm³/mol. The van der Waals surface area contributed by atoms with Gasteiger partial charge in [-0.25, -0.2) is 4.39 Å². The Morgan fingerprint density at radius 3 is 2.41 bits per heavy atom. The maximum absolute atomic E-state index is 14.0. The molecule has 2 aliphatic rings. The van der Waals surface area contributed by atoms with Crippen LogP contribution in [0.4, 0.5) is 10.1 Å². The zero-order valence-corrected chi connectivity index (χ0v) is 22.1. The van der Waals surface area contributed by atoms with Gasteiger partial charge in [-0.3, -0.25) is 14.8 Å². The molecule has 0 amide bonds. The fraction of sp³-hybridized carbons (Fsp3) is 0.696. The lowest BCUT2D eigenvalue weighted by molar-refractivity contribution is -0.00833. The minimum absolute atomic E-state index is 0. The predicted octanol–water partition coefficient (Wildman–Crippen LogP) is 2.23. The molecule has 0 aliphatic carbocycles. The molecular weight excluding hydrogens is 522 g/mol. The van der Waals surface area contributed by atoms with E-state index < -0.39 is 0 Å². The van der Waals surface area contributed by atoms with Gasteiger partial charge in [0.05, 0.1) is 18.9 Å². The summed E-state index contributed by atoms with van der Waals surface area (Å²) in [5.41, 5.74) is 0.776. The monoisotopic (exact) mass is 562 g/mol. The van der Waals surface area contributed by atoms with Crippen molar-refractivity contribution in [1.29, 1.82) is 0 Å². The Labute approximate surface area is 209 Å². The van der Waals surface area contributed by atoms with Crippen molar-refractivity contribution in [2.45, 2.75) is 25.8 Å². The number of aliphatic imine (C=N–C) groups is 1. The van der Waals surface area contributed by atoms with Gasteiger partial charge in [-0.2, -0.15) is 0 Å². The molecule has 0 aromatic heterocycles. The average Bonchev–Trinajstić information content (AvgIpc) is 2.80. The first-order chi connectivity index (χ1) is 15.0. The molecule has 2 aliphatic heterocycles. The van der Waals surface area contributed by atoms with E-state index in [9.17, 15) is 4.39 Å². The van der Waals surface area contributed by atoms with Gasteiger partial charge in [-0.05, 0) is 38.9 Å². The van der Waals surface area contributed by atoms with Crippen LogP contribution >= 0.6 is 24.0 Å². The number of para-hydroxylation sites is 1. The third-order valence-corrected chi connectivity index (χ3v) is 6.29. The number of halogens is 2. The minimum Gasteiger partial charge on any atom is -0.379 e. The molecule has 7 nitrogen and oxygen atoms in total. The molecule has 2 fully saturated rings. The third-order valence-electron chi connectivity index (χ3n) is 6.29. The number of anilines is 1. The van der Waals surface area contributed by atoms with Crippen molar-refractivity contribution in [3.05, 3.63) is 30.1 Å². The zero-order valence-electron chi connectivity index (χ0n) is 19.8. The molecule has 9 heteroatoms. The first-order valence-electron chi connectivity index (χ1n) is 11.5. The number of morpholine rings is 1. The molecule has 3 rings (SSSR count). The van der Waals surface area contributed by atoms with Crippen LogP contribution in [0.1, 0.15) is 20.3 Å². The van der Waals surface area contributed by atoms with Crippen LogP contribution in [0.5, 0.6) is 0 Å². The van der Waals surface area contributed by atoms with E-state index in [1.165, 1.54) is 6.07 Å². The fourth-order valence-electron chi connectivity index (χ4n) is 4.23. The molecule has 1 aromatic rings. The van der Waals surface area contributed by atoms with Crippen LogP contribution in [-0.4, -0.2) is 100 Å². The Kier molecular flexibility index (Phi) is 11.4. The molecule has 0 spiro atoms. The fourth-order valence-corrected chi connectivity index (χ4v) is 4.23. The highest BCUT2D eigenvalue weighted by molar-refractivity contribution is 14.0.